The van der Waals surface area contributed by atoms with Gasteiger partial charge in [0.2, 0.25) is 11.8 Å². The molecule has 1 aliphatic heterocycles. The monoisotopic (exact) mass is 338 g/mol. The van der Waals surface area contributed by atoms with Crippen molar-refractivity contribution in [1.29, 1.82) is 0 Å². The van der Waals surface area contributed by atoms with Crippen LogP contribution in [0.5, 0.6) is 5.75 Å². The molecule has 1 heterocycles. The Morgan fingerprint density at radius 1 is 1.08 bits per heavy atom. The van der Waals surface area contributed by atoms with Crippen LogP contribution in [0.15, 0.2) is 48.5 Å². The first-order valence-electron chi connectivity index (χ1n) is 8.48. The maximum absolute atomic E-state index is 12.3. The molecule has 130 valence electrons. The minimum atomic E-state index is -0.304. The van der Waals surface area contributed by atoms with Crippen molar-refractivity contribution in [2.75, 3.05) is 13.7 Å². The Morgan fingerprint density at radius 3 is 2.64 bits per heavy atom. The number of amides is 2. The normalized spacial score (nSPS) is 14.0. The molecule has 0 spiro atoms. The quantitative estimate of drug-likeness (QED) is 0.823. The van der Waals surface area contributed by atoms with Crippen LogP contribution in [0.1, 0.15) is 35.6 Å². The van der Waals surface area contributed by atoms with Crippen molar-refractivity contribution in [3.63, 3.8) is 0 Å². The van der Waals surface area contributed by atoms with E-state index in [2.05, 4.69) is 16.7 Å². The first-order chi connectivity index (χ1) is 12.2. The highest BCUT2D eigenvalue weighted by Crippen LogP contribution is 2.30. The molecule has 1 aliphatic rings. The van der Waals surface area contributed by atoms with Crippen molar-refractivity contribution in [3.8, 4) is 5.75 Å². The van der Waals surface area contributed by atoms with E-state index in [4.69, 9.17) is 4.74 Å². The largest absolute Gasteiger partial charge is 0.493 e. The molecule has 0 saturated heterocycles. The predicted molar refractivity (Wildman–Crippen MR) is 95.4 cm³/mol. The second-order valence-electron chi connectivity index (χ2n) is 6.08. The van der Waals surface area contributed by atoms with Gasteiger partial charge < -0.3 is 15.4 Å². The molecule has 0 aromatic heterocycles. The summed E-state index contributed by atoms with van der Waals surface area (Å²) in [6, 6.07) is 15.5. The van der Waals surface area contributed by atoms with E-state index in [-0.39, 0.29) is 24.3 Å². The molecule has 2 amide bonds. The van der Waals surface area contributed by atoms with Crippen molar-refractivity contribution >= 4 is 11.8 Å². The predicted octanol–water partition coefficient (Wildman–Crippen LogP) is 2.35. The number of rotatable bonds is 5. The number of hydrogen-bond acceptors (Lipinski definition) is 3. The van der Waals surface area contributed by atoms with Crippen LogP contribution in [0.25, 0.3) is 0 Å². The van der Waals surface area contributed by atoms with Crippen LogP contribution in [0, 0.1) is 0 Å². The van der Waals surface area contributed by atoms with Gasteiger partial charge in [0.15, 0.2) is 0 Å². The number of aryl methyl sites for hydroxylation is 1. The van der Waals surface area contributed by atoms with Crippen molar-refractivity contribution in [1.82, 2.24) is 10.6 Å². The van der Waals surface area contributed by atoms with Gasteiger partial charge in [-0.3, -0.25) is 9.59 Å². The minimum Gasteiger partial charge on any atom is -0.493 e. The Labute approximate surface area is 147 Å². The van der Waals surface area contributed by atoms with Crippen LogP contribution in [-0.4, -0.2) is 25.5 Å². The Kier molecular flexibility index (Phi) is 5.33. The lowest BCUT2D eigenvalue weighted by atomic mass is 9.94. The second-order valence-corrected chi connectivity index (χ2v) is 6.08. The smallest absolute Gasteiger partial charge is 0.230 e. The molecule has 0 aliphatic carbocycles. The summed E-state index contributed by atoms with van der Waals surface area (Å²) in [4.78, 5) is 23.7. The third kappa shape index (κ3) is 4.18. The summed E-state index contributed by atoms with van der Waals surface area (Å²) in [5.41, 5.74) is 3.12. The molecular weight excluding hydrogens is 316 g/mol. The molecule has 5 nitrogen and oxygen atoms in total. The van der Waals surface area contributed by atoms with E-state index in [1.165, 1.54) is 7.05 Å². The molecule has 2 aromatic carbocycles. The fourth-order valence-corrected chi connectivity index (χ4v) is 3.01. The maximum atomic E-state index is 12.3. The number of nitrogens with one attached hydrogen (secondary N) is 2. The van der Waals surface area contributed by atoms with Gasteiger partial charge in [0.25, 0.3) is 0 Å². The number of ether oxygens (including phenoxy) is 1. The summed E-state index contributed by atoms with van der Waals surface area (Å²) >= 11 is 0. The molecule has 2 aromatic rings. The average Bonchev–Trinajstić information content (AvgIpc) is 2.66. The molecule has 0 fully saturated rings. The highest BCUT2D eigenvalue weighted by molar-refractivity contribution is 5.97. The van der Waals surface area contributed by atoms with Crippen molar-refractivity contribution in [3.05, 3.63) is 65.2 Å². The van der Waals surface area contributed by atoms with Gasteiger partial charge in [-0.15, -0.1) is 0 Å². The lowest BCUT2D eigenvalue weighted by Gasteiger charge is -2.23. The molecule has 0 radical (unpaired) electrons. The van der Waals surface area contributed by atoms with E-state index < -0.39 is 0 Å². The van der Waals surface area contributed by atoms with Gasteiger partial charge in [0, 0.05) is 7.05 Å². The number of carbonyl (C=O) groups excluding carboxylic acids is 2. The van der Waals surface area contributed by atoms with Crippen LogP contribution in [-0.2, 0) is 16.0 Å². The van der Waals surface area contributed by atoms with Gasteiger partial charge in [-0.2, -0.15) is 0 Å². The van der Waals surface area contributed by atoms with Gasteiger partial charge in [-0.05, 0) is 41.7 Å². The van der Waals surface area contributed by atoms with Crippen LogP contribution < -0.4 is 15.4 Å². The van der Waals surface area contributed by atoms with Crippen LogP contribution in [0.4, 0.5) is 0 Å². The summed E-state index contributed by atoms with van der Waals surface area (Å²) in [7, 11) is 1.52. The van der Waals surface area contributed by atoms with E-state index in [9.17, 15) is 9.59 Å². The van der Waals surface area contributed by atoms with Crippen LogP contribution in [0.2, 0.25) is 0 Å². The second kappa shape index (κ2) is 7.83. The Bertz CT molecular complexity index is 759. The molecule has 1 atom stereocenters. The number of benzene rings is 2. The molecule has 0 unspecified atom stereocenters. The van der Waals surface area contributed by atoms with Gasteiger partial charge >= 0.3 is 0 Å². The lowest BCUT2D eigenvalue weighted by Crippen LogP contribution is -2.33. The minimum absolute atomic E-state index is 0.187. The van der Waals surface area contributed by atoms with Gasteiger partial charge in [0.1, 0.15) is 12.2 Å². The van der Waals surface area contributed by atoms with Gasteiger partial charge in [-0.25, -0.2) is 0 Å². The first kappa shape index (κ1) is 17.0. The molecule has 2 N–H and O–H groups in total. The summed E-state index contributed by atoms with van der Waals surface area (Å²) in [5, 5.41) is 5.45. The van der Waals surface area contributed by atoms with Crippen molar-refractivity contribution in [2.24, 2.45) is 0 Å². The zero-order valence-corrected chi connectivity index (χ0v) is 14.2. The lowest BCUT2D eigenvalue weighted by molar-refractivity contribution is -0.129. The molecule has 0 saturated carbocycles. The summed E-state index contributed by atoms with van der Waals surface area (Å²) < 4.78 is 5.67. The van der Waals surface area contributed by atoms with E-state index in [0.717, 1.165) is 41.9 Å². The maximum Gasteiger partial charge on any atom is 0.230 e. The Hall–Kier alpha value is -2.82. The van der Waals surface area contributed by atoms with Crippen LogP contribution >= 0.6 is 0 Å². The highest BCUT2D eigenvalue weighted by Gasteiger charge is 2.20. The Morgan fingerprint density at radius 2 is 1.88 bits per heavy atom. The van der Waals surface area contributed by atoms with Gasteiger partial charge in [0.05, 0.1) is 12.6 Å². The molecule has 5 heteroatoms. The highest BCUT2D eigenvalue weighted by atomic mass is 16.5. The summed E-state index contributed by atoms with van der Waals surface area (Å²) in [6.45, 7) is 0.747. The summed E-state index contributed by atoms with van der Waals surface area (Å²) in [5.74, 6) is 0.309. The molecule has 3 rings (SSSR count). The molecular formula is C20H22N2O3. The average molecular weight is 338 g/mol. The Balaban J connectivity index is 1.89. The number of hydrogen-bond donors (Lipinski definition) is 2. The fraction of sp³-hybridized carbons (Fsp3) is 0.300. The van der Waals surface area contributed by atoms with Gasteiger partial charge in [-0.1, -0.05) is 36.4 Å². The van der Waals surface area contributed by atoms with Crippen molar-refractivity contribution < 1.29 is 14.3 Å². The third-order valence-electron chi connectivity index (χ3n) is 4.30. The zero-order chi connectivity index (χ0) is 17.6. The number of carbonyl (C=O) groups is 2. The molecule has 0 bridgehead atoms. The standard InChI is InChI=1S/C20H22N2O3/c1-21-18(23)13-19(24)22-20(14-6-3-2-4-7-14)16-9-10-17-15(12-16)8-5-11-25-17/h2-4,6-7,9-10,12,20H,5,8,11,13H2,1H3,(H,21,23)(H,22,24)/t20-/m0/s1. The summed E-state index contributed by atoms with van der Waals surface area (Å²) in [6.07, 6.45) is 1.78. The zero-order valence-electron chi connectivity index (χ0n) is 14.2. The van der Waals surface area contributed by atoms with E-state index in [1.807, 2.05) is 42.5 Å². The molecule has 25 heavy (non-hydrogen) atoms. The SMILES string of the molecule is CNC(=O)CC(=O)N[C@@H](c1ccccc1)c1ccc2c(c1)CCCO2. The fourth-order valence-electron chi connectivity index (χ4n) is 3.01. The van der Waals surface area contributed by atoms with E-state index in [0.29, 0.717) is 0 Å². The number of fused-ring (bicyclic) bond motifs is 1. The van der Waals surface area contributed by atoms with E-state index >= 15 is 0 Å². The van der Waals surface area contributed by atoms with Crippen LogP contribution in [0.3, 0.4) is 0 Å². The van der Waals surface area contributed by atoms with Crippen molar-refractivity contribution in [2.45, 2.75) is 25.3 Å². The topological polar surface area (TPSA) is 67.4 Å². The third-order valence-corrected chi connectivity index (χ3v) is 4.30. The van der Waals surface area contributed by atoms with E-state index in [1.54, 1.807) is 0 Å². The first-order valence-corrected chi connectivity index (χ1v) is 8.48.